The lowest BCUT2D eigenvalue weighted by Crippen LogP contribution is -2.51. The SMILES string of the molecule is O=C(CN(Cc1ccc(Cl)c(Cl)c1)S(=O)(=O)c1ccc(Cl)cc1)N1CCN(c2cccc(Cl)c2)CC1. The van der Waals surface area contributed by atoms with E-state index in [1.54, 1.807) is 23.1 Å². The molecule has 1 aliphatic rings. The zero-order valence-corrected chi connectivity index (χ0v) is 22.9. The van der Waals surface area contributed by atoms with E-state index in [9.17, 15) is 13.2 Å². The van der Waals surface area contributed by atoms with Crippen molar-refractivity contribution in [3.63, 3.8) is 0 Å². The third-order valence-electron chi connectivity index (χ3n) is 5.91. The largest absolute Gasteiger partial charge is 0.368 e. The molecule has 0 aromatic heterocycles. The van der Waals surface area contributed by atoms with Crippen LogP contribution in [0.3, 0.4) is 0 Å². The number of amides is 1. The lowest BCUT2D eigenvalue weighted by atomic mass is 10.2. The number of halogens is 4. The van der Waals surface area contributed by atoms with Gasteiger partial charge >= 0.3 is 0 Å². The highest BCUT2D eigenvalue weighted by molar-refractivity contribution is 7.89. The van der Waals surface area contributed by atoms with Gasteiger partial charge in [0.1, 0.15) is 0 Å². The molecule has 6 nitrogen and oxygen atoms in total. The minimum absolute atomic E-state index is 0.0456. The van der Waals surface area contributed by atoms with Gasteiger partial charge in [-0.15, -0.1) is 0 Å². The number of hydrogen-bond donors (Lipinski definition) is 0. The van der Waals surface area contributed by atoms with E-state index >= 15 is 0 Å². The number of anilines is 1. The van der Waals surface area contributed by atoms with Crippen molar-refractivity contribution in [2.24, 2.45) is 0 Å². The summed E-state index contributed by atoms with van der Waals surface area (Å²) in [7, 11) is -4.01. The molecule has 11 heteroatoms. The van der Waals surface area contributed by atoms with Crippen molar-refractivity contribution in [2.75, 3.05) is 37.6 Å². The highest BCUT2D eigenvalue weighted by Crippen LogP contribution is 2.26. The molecule has 1 aliphatic heterocycles. The van der Waals surface area contributed by atoms with Gasteiger partial charge < -0.3 is 9.80 Å². The van der Waals surface area contributed by atoms with Crippen LogP contribution < -0.4 is 4.90 Å². The molecule has 0 N–H and O–H groups in total. The average molecular weight is 587 g/mol. The molecular formula is C25H23Cl4N3O3S. The van der Waals surface area contributed by atoms with Crippen LogP contribution in [0.4, 0.5) is 5.69 Å². The van der Waals surface area contributed by atoms with Crippen LogP contribution in [0.2, 0.25) is 20.1 Å². The van der Waals surface area contributed by atoms with Crippen molar-refractivity contribution in [3.8, 4) is 0 Å². The summed E-state index contributed by atoms with van der Waals surface area (Å²) < 4.78 is 28.2. The number of carbonyl (C=O) groups excluding carboxylic acids is 1. The summed E-state index contributed by atoms with van der Waals surface area (Å²) in [5, 5.41) is 1.73. The van der Waals surface area contributed by atoms with Crippen molar-refractivity contribution in [1.82, 2.24) is 9.21 Å². The van der Waals surface area contributed by atoms with E-state index in [1.807, 2.05) is 24.3 Å². The highest BCUT2D eigenvalue weighted by Gasteiger charge is 2.30. The van der Waals surface area contributed by atoms with Gasteiger partial charge in [-0.1, -0.05) is 58.5 Å². The molecule has 1 amide bonds. The lowest BCUT2D eigenvalue weighted by molar-refractivity contribution is -0.131. The molecule has 1 fully saturated rings. The van der Waals surface area contributed by atoms with Gasteiger partial charge in [-0.25, -0.2) is 8.42 Å². The number of carbonyl (C=O) groups is 1. The second-order valence-electron chi connectivity index (χ2n) is 8.32. The first-order chi connectivity index (χ1) is 17.1. The molecule has 3 aromatic carbocycles. The fourth-order valence-corrected chi connectivity index (χ4v) is 5.97. The number of piperazine rings is 1. The first kappa shape index (κ1) is 27.0. The van der Waals surface area contributed by atoms with Crippen LogP contribution in [0.1, 0.15) is 5.56 Å². The number of sulfonamides is 1. The Morgan fingerprint density at radius 2 is 1.50 bits per heavy atom. The summed E-state index contributed by atoms with van der Waals surface area (Å²) in [5.41, 5.74) is 1.60. The fourth-order valence-electron chi connectivity index (χ4n) is 3.96. The van der Waals surface area contributed by atoms with Crippen molar-refractivity contribution < 1.29 is 13.2 Å². The predicted octanol–water partition coefficient (Wildman–Crippen LogP) is 5.84. The Morgan fingerprint density at radius 1 is 0.806 bits per heavy atom. The zero-order valence-electron chi connectivity index (χ0n) is 19.1. The van der Waals surface area contributed by atoms with Gasteiger partial charge in [0.2, 0.25) is 15.9 Å². The Labute approximate surface area is 231 Å². The molecule has 1 saturated heterocycles. The Hall–Kier alpha value is -2.00. The molecule has 0 spiro atoms. The number of nitrogens with zero attached hydrogens (tertiary/aromatic N) is 3. The van der Waals surface area contributed by atoms with Gasteiger partial charge in [-0.2, -0.15) is 4.31 Å². The van der Waals surface area contributed by atoms with Crippen LogP contribution in [-0.4, -0.2) is 56.3 Å². The fraction of sp³-hybridized carbons (Fsp3) is 0.240. The minimum atomic E-state index is -4.01. The highest BCUT2D eigenvalue weighted by atomic mass is 35.5. The van der Waals surface area contributed by atoms with Crippen LogP contribution in [0.25, 0.3) is 0 Å². The van der Waals surface area contributed by atoms with Gasteiger partial charge in [0, 0.05) is 48.5 Å². The second-order valence-corrected chi connectivity index (χ2v) is 11.9. The minimum Gasteiger partial charge on any atom is -0.368 e. The zero-order chi connectivity index (χ0) is 25.9. The Balaban J connectivity index is 1.52. The molecule has 0 saturated carbocycles. The normalized spacial score (nSPS) is 14.4. The lowest BCUT2D eigenvalue weighted by Gasteiger charge is -2.37. The summed E-state index contributed by atoms with van der Waals surface area (Å²) in [4.78, 5) is 17.1. The van der Waals surface area contributed by atoms with E-state index < -0.39 is 10.0 Å². The maximum absolute atomic E-state index is 13.5. The maximum Gasteiger partial charge on any atom is 0.243 e. The number of benzene rings is 3. The van der Waals surface area contributed by atoms with Crippen LogP contribution >= 0.6 is 46.4 Å². The molecule has 0 bridgehead atoms. The molecule has 3 aromatic rings. The van der Waals surface area contributed by atoms with E-state index in [-0.39, 0.29) is 23.9 Å². The molecule has 1 heterocycles. The number of rotatable bonds is 7. The molecule has 0 aliphatic carbocycles. The van der Waals surface area contributed by atoms with Crippen molar-refractivity contribution >= 4 is 68.0 Å². The standard InChI is InChI=1S/C25H23Cl4N3O3S/c26-19-5-7-22(8-6-19)36(34,35)32(16-18-4-9-23(28)24(29)14-18)17-25(33)31-12-10-30(11-13-31)21-3-1-2-20(27)15-21/h1-9,14-15H,10-13,16-17H2. The average Bonchev–Trinajstić information content (AvgIpc) is 2.86. The molecule has 0 atom stereocenters. The van der Waals surface area contributed by atoms with Gasteiger partial charge in [-0.3, -0.25) is 4.79 Å². The van der Waals surface area contributed by atoms with Crippen molar-refractivity contribution in [1.29, 1.82) is 0 Å². The second kappa shape index (κ2) is 11.6. The monoisotopic (exact) mass is 585 g/mol. The summed E-state index contributed by atoms with van der Waals surface area (Å²) in [5.74, 6) is -0.279. The van der Waals surface area contributed by atoms with Gasteiger partial charge in [0.05, 0.1) is 21.5 Å². The van der Waals surface area contributed by atoms with E-state index in [2.05, 4.69) is 4.90 Å². The first-order valence-electron chi connectivity index (χ1n) is 11.1. The van der Waals surface area contributed by atoms with Crippen molar-refractivity contribution in [2.45, 2.75) is 11.4 Å². The smallest absolute Gasteiger partial charge is 0.243 e. The summed E-state index contributed by atoms with van der Waals surface area (Å²) in [6.45, 7) is 1.80. The molecule has 36 heavy (non-hydrogen) atoms. The van der Waals surface area contributed by atoms with Gasteiger partial charge in [0.25, 0.3) is 0 Å². The Kier molecular flexibility index (Phi) is 8.71. The summed E-state index contributed by atoms with van der Waals surface area (Å²) in [6, 6.07) is 18.3. The van der Waals surface area contributed by atoms with E-state index in [4.69, 9.17) is 46.4 Å². The van der Waals surface area contributed by atoms with Gasteiger partial charge in [-0.05, 0) is 60.2 Å². The maximum atomic E-state index is 13.5. The molecule has 0 unspecified atom stereocenters. The van der Waals surface area contributed by atoms with Crippen LogP contribution in [0.5, 0.6) is 0 Å². The molecule has 4 rings (SSSR count). The summed E-state index contributed by atoms with van der Waals surface area (Å²) >= 11 is 24.2. The summed E-state index contributed by atoms with van der Waals surface area (Å²) in [6.07, 6.45) is 0. The Morgan fingerprint density at radius 3 is 2.14 bits per heavy atom. The van der Waals surface area contributed by atoms with E-state index in [0.29, 0.717) is 51.8 Å². The predicted molar refractivity (Wildman–Crippen MR) is 146 cm³/mol. The van der Waals surface area contributed by atoms with Crippen molar-refractivity contribution in [3.05, 3.63) is 92.4 Å². The van der Waals surface area contributed by atoms with E-state index in [0.717, 1.165) is 9.99 Å². The number of hydrogen-bond acceptors (Lipinski definition) is 4. The van der Waals surface area contributed by atoms with Crippen LogP contribution in [0, 0.1) is 0 Å². The van der Waals surface area contributed by atoms with Gasteiger partial charge in [0.15, 0.2) is 0 Å². The topological polar surface area (TPSA) is 60.9 Å². The quantitative estimate of drug-likeness (QED) is 0.349. The van der Waals surface area contributed by atoms with Crippen LogP contribution in [-0.2, 0) is 21.4 Å². The third kappa shape index (κ3) is 6.46. The van der Waals surface area contributed by atoms with E-state index in [1.165, 1.54) is 24.3 Å². The molecule has 190 valence electrons. The third-order valence-corrected chi connectivity index (χ3v) is 8.94. The first-order valence-corrected chi connectivity index (χ1v) is 14.1. The molecular weight excluding hydrogens is 564 g/mol. The van der Waals surface area contributed by atoms with Crippen LogP contribution in [0.15, 0.2) is 71.6 Å². The Bertz CT molecular complexity index is 1340. The molecule has 0 radical (unpaired) electrons.